The molecule has 6 nitrogen and oxygen atoms in total. The van der Waals surface area contributed by atoms with Crippen LogP contribution in [0, 0.1) is 6.92 Å². The molecule has 23 heavy (non-hydrogen) atoms. The van der Waals surface area contributed by atoms with Crippen molar-refractivity contribution in [1.29, 1.82) is 0 Å². The van der Waals surface area contributed by atoms with Crippen LogP contribution in [-0.4, -0.2) is 58.6 Å². The molecule has 1 unspecified atom stereocenters. The van der Waals surface area contributed by atoms with Crippen molar-refractivity contribution >= 4 is 6.09 Å². The van der Waals surface area contributed by atoms with Crippen LogP contribution >= 0.6 is 0 Å². The lowest BCUT2D eigenvalue weighted by atomic mass is 9.97. The van der Waals surface area contributed by atoms with Crippen LogP contribution in [0.25, 0.3) is 0 Å². The van der Waals surface area contributed by atoms with E-state index in [1.807, 2.05) is 45.9 Å². The molecule has 2 heterocycles. The van der Waals surface area contributed by atoms with Gasteiger partial charge < -0.3 is 19.5 Å². The lowest BCUT2D eigenvalue weighted by molar-refractivity contribution is -0.0400. The molecule has 1 aliphatic heterocycles. The quantitative estimate of drug-likeness (QED) is 0.901. The Morgan fingerprint density at radius 3 is 2.87 bits per heavy atom. The molecule has 1 N–H and O–H groups in total. The predicted molar refractivity (Wildman–Crippen MR) is 86.3 cm³/mol. The largest absolute Gasteiger partial charge is 0.444 e. The van der Waals surface area contributed by atoms with Crippen LogP contribution in [0.4, 0.5) is 4.79 Å². The van der Waals surface area contributed by atoms with Gasteiger partial charge in [0, 0.05) is 24.4 Å². The van der Waals surface area contributed by atoms with E-state index < -0.39 is 17.3 Å². The number of carbonyl (C=O) groups is 1. The number of nitrogens with zero attached hydrogens (tertiary/aromatic N) is 2. The number of pyridine rings is 1. The van der Waals surface area contributed by atoms with Crippen LogP contribution in [0.5, 0.6) is 0 Å². The molecule has 1 amide bonds. The van der Waals surface area contributed by atoms with Gasteiger partial charge in [-0.2, -0.15) is 0 Å². The number of carbonyl (C=O) groups excluding carboxylic acids is 1. The van der Waals surface area contributed by atoms with Crippen LogP contribution < -0.4 is 0 Å². The number of aromatic nitrogens is 1. The van der Waals surface area contributed by atoms with Crippen LogP contribution in [0.2, 0.25) is 0 Å². The number of ether oxygens (including phenoxy) is 2. The van der Waals surface area contributed by atoms with Gasteiger partial charge in [-0.25, -0.2) is 4.79 Å². The Balaban J connectivity index is 2.10. The summed E-state index contributed by atoms with van der Waals surface area (Å²) in [5, 5.41) is 10.9. The van der Waals surface area contributed by atoms with E-state index in [0.717, 1.165) is 11.4 Å². The zero-order chi connectivity index (χ0) is 17.1. The molecule has 6 heteroatoms. The monoisotopic (exact) mass is 322 g/mol. The molecule has 1 saturated heterocycles. The van der Waals surface area contributed by atoms with Crippen molar-refractivity contribution in [2.24, 2.45) is 0 Å². The third kappa shape index (κ3) is 5.48. The molecule has 0 radical (unpaired) electrons. The second kappa shape index (κ2) is 6.84. The first-order valence-electron chi connectivity index (χ1n) is 7.87. The Morgan fingerprint density at radius 2 is 2.22 bits per heavy atom. The summed E-state index contributed by atoms with van der Waals surface area (Å²) >= 11 is 0. The molecule has 0 bridgehead atoms. The maximum atomic E-state index is 12.3. The third-order valence-corrected chi connectivity index (χ3v) is 3.47. The SMILES string of the molecule is Cc1cccc(CC2(O)COCCN(C(=O)OC(C)(C)C)C2)n1. The number of rotatable bonds is 2. The molecule has 1 aromatic heterocycles. The normalized spacial score (nSPS) is 22.6. The Hall–Kier alpha value is -1.66. The standard InChI is InChI=1S/C17H26N2O4/c1-13-6-5-7-14(18-13)10-17(21)11-19(8-9-22-12-17)15(20)23-16(2,3)4/h5-7,21H,8-12H2,1-4H3. The third-order valence-electron chi connectivity index (χ3n) is 3.47. The fourth-order valence-corrected chi connectivity index (χ4v) is 2.54. The van der Waals surface area contributed by atoms with Gasteiger partial charge in [0.15, 0.2) is 0 Å². The van der Waals surface area contributed by atoms with E-state index in [4.69, 9.17) is 9.47 Å². The van der Waals surface area contributed by atoms with E-state index in [1.165, 1.54) is 4.90 Å². The highest BCUT2D eigenvalue weighted by Crippen LogP contribution is 2.20. The predicted octanol–water partition coefficient (Wildman–Crippen LogP) is 1.93. The first-order chi connectivity index (χ1) is 10.7. The fraction of sp³-hybridized carbons (Fsp3) is 0.647. The number of amides is 1. The minimum Gasteiger partial charge on any atom is -0.444 e. The molecule has 0 aromatic carbocycles. The van der Waals surface area contributed by atoms with Crippen LogP contribution in [0.1, 0.15) is 32.2 Å². The van der Waals surface area contributed by atoms with E-state index in [1.54, 1.807) is 0 Å². The Labute approximate surface area is 137 Å². The van der Waals surface area contributed by atoms with Crippen molar-refractivity contribution in [3.05, 3.63) is 29.6 Å². The van der Waals surface area contributed by atoms with Crippen LogP contribution in [0.3, 0.4) is 0 Å². The zero-order valence-corrected chi connectivity index (χ0v) is 14.3. The van der Waals surface area contributed by atoms with Crippen molar-refractivity contribution < 1.29 is 19.4 Å². The van der Waals surface area contributed by atoms with Gasteiger partial charge in [-0.15, -0.1) is 0 Å². The summed E-state index contributed by atoms with van der Waals surface area (Å²) in [5.74, 6) is 0. The molecule has 2 rings (SSSR count). The lowest BCUT2D eigenvalue weighted by Gasteiger charge is -2.32. The summed E-state index contributed by atoms with van der Waals surface area (Å²) < 4.78 is 10.9. The fourth-order valence-electron chi connectivity index (χ4n) is 2.54. The number of hydrogen-bond donors (Lipinski definition) is 1. The van der Waals surface area contributed by atoms with Gasteiger partial charge in [0.1, 0.15) is 11.2 Å². The second-order valence-corrected chi connectivity index (χ2v) is 7.13. The molecular formula is C17H26N2O4. The molecule has 1 fully saturated rings. The summed E-state index contributed by atoms with van der Waals surface area (Å²) in [6.45, 7) is 8.48. The Morgan fingerprint density at radius 1 is 1.48 bits per heavy atom. The maximum absolute atomic E-state index is 12.3. The maximum Gasteiger partial charge on any atom is 0.410 e. The molecule has 1 aliphatic rings. The van der Waals surface area contributed by atoms with E-state index in [0.29, 0.717) is 19.6 Å². The molecule has 1 atom stereocenters. The minimum absolute atomic E-state index is 0.164. The van der Waals surface area contributed by atoms with Gasteiger partial charge in [0.2, 0.25) is 0 Å². The Kier molecular flexibility index (Phi) is 5.26. The highest BCUT2D eigenvalue weighted by Gasteiger charge is 2.36. The first kappa shape index (κ1) is 17.7. The van der Waals surface area contributed by atoms with Crippen LogP contribution in [-0.2, 0) is 15.9 Å². The summed E-state index contributed by atoms with van der Waals surface area (Å²) in [6.07, 6.45) is -0.104. The van der Waals surface area contributed by atoms with Crippen molar-refractivity contribution in [2.45, 2.75) is 45.3 Å². The number of hydrogen-bond acceptors (Lipinski definition) is 5. The average molecular weight is 322 g/mol. The van der Waals surface area contributed by atoms with Crippen molar-refractivity contribution in [2.75, 3.05) is 26.3 Å². The van der Waals surface area contributed by atoms with Crippen molar-refractivity contribution in [1.82, 2.24) is 9.88 Å². The molecule has 0 spiro atoms. The molecule has 0 aliphatic carbocycles. The highest BCUT2D eigenvalue weighted by atomic mass is 16.6. The van der Waals surface area contributed by atoms with Gasteiger partial charge in [0.05, 0.1) is 19.8 Å². The zero-order valence-electron chi connectivity index (χ0n) is 14.3. The average Bonchev–Trinajstić information content (AvgIpc) is 2.59. The number of β-amino-alcohol motifs (C(OH)–C–C–N with tert-alkyl or cyclic N) is 1. The van der Waals surface area contributed by atoms with E-state index in [2.05, 4.69) is 4.98 Å². The van der Waals surface area contributed by atoms with Crippen molar-refractivity contribution in [3.63, 3.8) is 0 Å². The lowest BCUT2D eigenvalue weighted by Crippen LogP contribution is -2.49. The minimum atomic E-state index is -1.17. The van der Waals surface area contributed by atoms with Gasteiger partial charge in [-0.05, 0) is 39.8 Å². The van der Waals surface area contributed by atoms with E-state index in [-0.39, 0.29) is 13.2 Å². The van der Waals surface area contributed by atoms with Crippen molar-refractivity contribution in [3.8, 4) is 0 Å². The van der Waals surface area contributed by atoms with E-state index in [9.17, 15) is 9.90 Å². The highest BCUT2D eigenvalue weighted by molar-refractivity contribution is 5.68. The van der Waals surface area contributed by atoms with E-state index >= 15 is 0 Å². The molecule has 128 valence electrons. The molecule has 0 saturated carbocycles. The van der Waals surface area contributed by atoms with Gasteiger partial charge in [0.25, 0.3) is 0 Å². The topological polar surface area (TPSA) is 71.9 Å². The summed E-state index contributed by atoms with van der Waals surface area (Å²) in [5.41, 5.74) is -0.0685. The van der Waals surface area contributed by atoms with Gasteiger partial charge >= 0.3 is 6.09 Å². The summed E-state index contributed by atoms with van der Waals surface area (Å²) in [4.78, 5) is 18.2. The van der Waals surface area contributed by atoms with Gasteiger partial charge in [-0.3, -0.25) is 4.98 Å². The van der Waals surface area contributed by atoms with Gasteiger partial charge in [-0.1, -0.05) is 6.07 Å². The number of aliphatic hydroxyl groups is 1. The summed E-state index contributed by atoms with van der Waals surface area (Å²) in [6, 6.07) is 5.68. The molecule has 1 aromatic rings. The van der Waals surface area contributed by atoms with Crippen LogP contribution in [0.15, 0.2) is 18.2 Å². The molecular weight excluding hydrogens is 296 g/mol. The second-order valence-electron chi connectivity index (χ2n) is 7.13. The first-order valence-corrected chi connectivity index (χ1v) is 7.87. The summed E-state index contributed by atoms with van der Waals surface area (Å²) in [7, 11) is 0. The number of aryl methyl sites for hydroxylation is 1. The smallest absolute Gasteiger partial charge is 0.410 e. The Bertz CT molecular complexity index is 556.